The Morgan fingerprint density at radius 2 is 2.00 bits per heavy atom. The summed E-state index contributed by atoms with van der Waals surface area (Å²) in [5.41, 5.74) is 1.28. The molecule has 0 unspecified atom stereocenters. The first kappa shape index (κ1) is 12.6. The highest BCUT2D eigenvalue weighted by molar-refractivity contribution is 8.13. The summed E-state index contributed by atoms with van der Waals surface area (Å²) in [5.74, 6) is 0.0980. The molecule has 3 nitrogen and oxygen atoms in total. The molecule has 0 aliphatic rings. The van der Waals surface area contributed by atoms with E-state index in [1.54, 1.807) is 12.1 Å². The van der Waals surface area contributed by atoms with Crippen LogP contribution >= 0.6 is 22.3 Å². The minimum Gasteiger partial charge on any atom is -0.496 e. The van der Waals surface area contributed by atoms with Gasteiger partial charge in [0.15, 0.2) is 0 Å². The van der Waals surface area contributed by atoms with Gasteiger partial charge in [-0.1, -0.05) is 11.6 Å². The highest BCUT2D eigenvalue weighted by Crippen LogP contribution is 2.30. The number of ether oxygens (including phenoxy) is 1. The Balaban J connectivity index is 3.27. The van der Waals surface area contributed by atoms with Gasteiger partial charge in [-0.05, 0) is 24.6 Å². The molecule has 0 radical (unpaired) electrons. The fourth-order valence-corrected chi connectivity index (χ4v) is 2.62. The number of methoxy groups -OCH3 is 1. The minimum atomic E-state index is -3.64. The van der Waals surface area contributed by atoms with E-state index < -0.39 is 9.05 Å². The lowest BCUT2D eigenvalue weighted by Crippen LogP contribution is -2.00. The smallest absolute Gasteiger partial charge is 0.236 e. The molecule has 0 atom stereocenters. The summed E-state index contributed by atoms with van der Waals surface area (Å²) in [7, 11) is 2.98. The minimum absolute atomic E-state index is 0.336. The second-order valence-electron chi connectivity index (χ2n) is 3.11. The average Bonchev–Trinajstić information content (AvgIpc) is 2.07. The third-order valence-corrected chi connectivity index (χ3v) is 3.13. The maximum absolute atomic E-state index is 11.0. The molecular formula is C9H10Cl2O3S. The molecular weight excluding hydrogens is 259 g/mol. The highest BCUT2D eigenvalue weighted by atomic mass is 35.7. The quantitative estimate of drug-likeness (QED) is 0.792. The van der Waals surface area contributed by atoms with Gasteiger partial charge in [0.2, 0.25) is 9.05 Å². The summed E-state index contributed by atoms with van der Waals surface area (Å²) in [4.78, 5) is 0. The van der Waals surface area contributed by atoms with E-state index in [2.05, 4.69) is 0 Å². The lowest BCUT2D eigenvalue weighted by atomic mass is 10.1. The van der Waals surface area contributed by atoms with Gasteiger partial charge < -0.3 is 4.74 Å². The van der Waals surface area contributed by atoms with Gasteiger partial charge in [-0.25, -0.2) is 8.42 Å². The summed E-state index contributed by atoms with van der Waals surface area (Å²) in [6, 6.07) is 3.38. The van der Waals surface area contributed by atoms with E-state index in [0.717, 1.165) is 5.56 Å². The van der Waals surface area contributed by atoms with E-state index in [9.17, 15) is 8.42 Å². The maximum atomic E-state index is 11.0. The first-order chi connectivity index (χ1) is 6.83. The average molecular weight is 269 g/mol. The number of halogens is 2. The highest BCUT2D eigenvalue weighted by Gasteiger charge is 2.16. The standard InChI is InChI=1S/C9H10Cl2O3S/c1-6-3-8(10)7(5-15(11,12)13)9(4-6)14-2/h3-4H,5H2,1-2H3. The van der Waals surface area contributed by atoms with Crippen molar-refractivity contribution in [3.63, 3.8) is 0 Å². The summed E-state index contributed by atoms with van der Waals surface area (Å²) < 4.78 is 27.0. The molecule has 0 spiro atoms. The van der Waals surface area contributed by atoms with Crippen molar-refractivity contribution < 1.29 is 13.2 Å². The maximum Gasteiger partial charge on any atom is 0.236 e. The molecule has 84 valence electrons. The topological polar surface area (TPSA) is 43.4 Å². The van der Waals surface area contributed by atoms with Gasteiger partial charge in [0, 0.05) is 21.3 Å². The normalized spacial score (nSPS) is 11.5. The first-order valence-electron chi connectivity index (χ1n) is 4.09. The van der Waals surface area contributed by atoms with E-state index in [4.69, 9.17) is 27.0 Å². The van der Waals surface area contributed by atoms with Crippen molar-refractivity contribution in [1.82, 2.24) is 0 Å². The van der Waals surface area contributed by atoms with Crippen molar-refractivity contribution in [3.05, 3.63) is 28.3 Å². The van der Waals surface area contributed by atoms with Crippen molar-refractivity contribution in [1.29, 1.82) is 0 Å². The Kier molecular flexibility index (Phi) is 3.87. The van der Waals surface area contributed by atoms with Crippen molar-refractivity contribution in [2.24, 2.45) is 0 Å². The van der Waals surface area contributed by atoms with Crippen molar-refractivity contribution in [2.75, 3.05) is 7.11 Å². The molecule has 0 fully saturated rings. The molecule has 1 aromatic rings. The van der Waals surface area contributed by atoms with Crippen LogP contribution < -0.4 is 4.74 Å². The van der Waals surface area contributed by atoms with Gasteiger partial charge >= 0.3 is 0 Å². The van der Waals surface area contributed by atoms with Gasteiger partial charge in [0.25, 0.3) is 0 Å². The third kappa shape index (κ3) is 3.55. The Morgan fingerprint density at radius 3 is 2.47 bits per heavy atom. The number of hydrogen-bond acceptors (Lipinski definition) is 3. The second kappa shape index (κ2) is 4.60. The van der Waals surface area contributed by atoms with Crippen LogP contribution in [0.3, 0.4) is 0 Å². The van der Waals surface area contributed by atoms with Crippen LogP contribution in [0.4, 0.5) is 0 Å². The van der Waals surface area contributed by atoms with Crippen molar-refractivity contribution >= 4 is 31.3 Å². The van der Waals surface area contributed by atoms with Crippen molar-refractivity contribution in [2.45, 2.75) is 12.7 Å². The molecule has 0 aliphatic heterocycles. The molecule has 0 saturated carbocycles. The SMILES string of the molecule is COc1cc(C)cc(Cl)c1CS(=O)(=O)Cl. The molecule has 1 rings (SSSR count). The van der Waals surface area contributed by atoms with E-state index >= 15 is 0 Å². The fraction of sp³-hybridized carbons (Fsp3) is 0.333. The third-order valence-electron chi connectivity index (χ3n) is 1.84. The van der Waals surface area contributed by atoms with Crippen LogP contribution in [-0.4, -0.2) is 15.5 Å². The van der Waals surface area contributed by atoms with E-state index in [1.807, 2.05) is 6.92 Å². The second-order valence-corrected chi connectivity index (χ2v) is 6.29. The van der Waals surface area contributed by atoms with E-state index in [0.29, 0.717) is 16.3 Å². The lowest BCUT2D eigenvalue weighted by Gasteiger charge is -2.10. The molecule has 6 heteroatoms. The molecule has 0 aromatic heterocycles. The van der Waals surface area contributed by atoms with E-state index in [-0.39, 0.29) is 5.75 Å². The predicted molar refractivity (Wildman–Crippen MR) is 61.2 cm³/mol. The largest absolute Gasteiger partial charge is 0.496 e. The lowest BCUT2D eigenvalue weighted by molar-refractivity contribution is 0.410. The molecule has 1 aromatic carbocycles. The van der Waals surface area contributed by atoms with Crippen LogP contribution in [0.2, 0.25) is 5.02 Å². The van der Waals surface area contributed by atoms with Crippen LogP contribution in [0.5, 0.6) is 5.75 Å². The number of aryl methyl sites for hydroxylation is 1. The van der Waals surface area contributed by atoms with Crippen LogP contribution in [0.15, 0.2) is 12.1 Å². The monoisotopic (exact) mass is 268 g/mol. The number of hydrogen-bond donors (Lipinski definition) is 0. The van der Waals surface area contributed by atoms with Gasteiger partial charge in [0.1, 0.15) is 5.75 Å². The zero-order valence-electron chi connectivity index (χ0n) is 8.25. The Morgan fingerprint density at radius 1 is 1.40 bits per heavy atom. The van der Waals surface area contributed by atoms with Gasteiger partial charge in [-0.15, -0.1) is 0 Å². The van der Waals surface area contributed by atoms with Crippen molar-refractivity contribution in [3.8, 4) is 5.75 Å². The van der Waals surface area contributed by atoms with Gasteiger partial charge in [0.05, 0.1) is 12.9 Å². The molecule has 0 amide bonds. The Hall–Kier alpha value is -0.450. The molecule has 0 bridgehead atoms. The molecule has 0 heterocycles. The summed E-state index contributed by atoms with van der Waals surface area (Å²) in [6.07, 6.45) is 0. The van der Waals surface area contributed by atoms with Crippen LogP contribution in [-0.2, 0) is 14.8 Å². The molecule has 0 saturated heterocycles. The zero-order valence-corrected chi connectivity index (χ0v) is 10.6. The molecule has 15 heavy (non-hydrogen) atoms. The summed E-state index contributed by atoms with van der Waals surface area (Å²) >= 11 is 5.92. The number of rotatable bonds is 3. The van der Waals surface area contributed by atoms with Crippen LogP contribution in [0.1, 0.15) is 11.1 Å². The summed E-state index contributed by atoms with van der Waals surface area (Å²) in [5, 5.41) is 0.344. The van der Waals surface area contributed by atoms with Crippen LogP contribution in [0.25, 0.3) is 0 Å². The summed E-state index contributed by atoms with van der Waals surface area (Å²) in [6.45, 7) is 1.84. The zero-order chi connectivity index (χ0) is 11.6. The van der Waals surface area contributed by atoms with Gasteiger partial charge in [-0.3, -0.25) is 0 Å². The van der Waals surface area contributed by atoms with Crippen LogP contribution in [0, 0.1) is 6.92 Å². The van der Waals surface area contributed by atoms with E-state index in [1.165, 1.54) is 7.11 Å². The fourth-order valence-electron chi connectivity index (χ4n) is 1.23. The Bertz CT molecular complexity index is 468. The first-order valence-corrected chi connectivity index (χ1v) is 6.94. The molecule has 0 N–H and O–H groups in total. The van der Waals surface area contributed by atoms with Gasteiger partial charge in [-0.2, -0.15) is 0 Å². The predicted octanol–water partition coefficient (Wildman–Crippen LogP) is 2.73. The number of benzene rings is 1. The Labute approximate surface area is 98.4 Å². The molecule has 0 aliphatic carbocycles.